The third-order valence-electron chi connectivity index (χ3n) is 7.21. The van der Waals surface area contributed by atoms with Crippen LogP contribution in [0.4, 0.5) is 5.69 Å². The number of hydrogen-bond acceptors (Lipinski definition) is 5. The zero-order chi connectivity index (χ0) is 28.7. The summed E-state index contributed by atoms with van der Waals surface area (Å²) in [5.74, 6) is 0.210. The van der Waals surface area contributed by atoms with E-state index >= 15 is 0 Å². The monoisotopic (exact) mass is 569 g/mol. The van der Waals surface area contributed by atoms with E-state index < -0.39 is 10.0 Å². The molecule has 1 aliphatic rings. The first-order valence-corrected chi connectivity index (χ1v) is 15.4. The minimum atomic E-state index is -3.68. The Labute approximate surface area is 242 Å². The van der Waals surface area contributed by atoms with Crippen molar-refractivity contribution in [1.29, 1.82) is 0 Å². The first kappa shape index (κ1) is 28.5. The topological polar surface area (TPSA) is 78.9 Å². The summed E-state index contributed by atoms with van der Waals surface area (Å²) in [6.07, 6.45) is 0.835. The van der Waals surface area contributed by atoms with Gasteiger partial charge in [0.2, 0.25) is 10.0 Å². The summed E-state index contributed by atoms with van der Waals surface area (Å²) in [5.41, 5.74) is 3.32. The summed E-state index contributed by atoms with van der Waals surface area (Å²) in [7, 11) is -3.68. The van der Waals surface area contributed by atoms with Gasteiger partial charge in [0.05, 0.1) is 23.1 Å². The van der Waals surface area contributed by atoms with Gasteiger partial charge in [-0.25, -0.2) is 8.42 Å². The van der Waals surface area contributed by atoms with Crippen molar-refractivity contribution in [3.63, 3.8) is 0 Å². The van der Waals surface area contributed by atoms with Crippen LogP contribution in [0.1, 0.15) is 40.9 Å². The Hall–Kier alpha value is -3.98. The number of carbonyl (C=O) groups is 1. The summed E-state index contributed by atoms with van der Waals surface area (Å²) < 4.78 is 34.3. The van der Waals surface area contributed by atoms with Crippen LogP contribution in [0, 0.1) is 0 Å². The van der Waals surface area contributed by atoms with Gasteiger partial charge in [-0.15, -0.1) is 0 Å². The third kappa shape index (κ3) is 6.68. The molecule has 0 atom stereocenters. The van der Waals surface area contributed by atoms with Gasteiger partial charge in [0.1, 0.15) is 5.75 Å². The molecule has 0 saturated carbocycles. The van der Waals surface area contributed by atoms with Crippen LogP contribution in [-0.4, -0.2) is 56.3 Å². The highest BCUT2D eigenvalue weighted by atomic mass is 32.2. The number of ether oxygens (including phenoxy) is 1. The van der Waals surface area contributed by atoms with Crippen LogP contribution in [0.2, 0.25) is 0 Å². The maximum Gasteiger partial charge on any atom is 0.259 e. The van der Waals surface area contributed by atoms with Crippen molar-refractivity contribution in [3.8, 4) is 5.75 Å². The Balaban J connectivity index is 1.25. The van der Waals surface area contributed by atoms with E-state index in [0.29, 0.717) is 49.8 Å². The lowest BCUT2D eigenvalue weighted by atomic mass is 9.96. The van der Waals surface area contributed by atoms with E-state index in [1.165, 1.54) is 11.1 Å². The average Bonchev–Trinajstić information content (AvgIpc) is 3.02. The second kappa shape index (κ2) is 13.1. The fraction of sp³-hybridized carbons (Fsp3) is 0.242. The van der Waals surface area contributed by atoms with E-state index in [1.807, 2.05) is 49.4 Å². The predicted molar refractivity (Wildman–Crippen MR) is 162 cm³/mol. The average molecular weight is 570 g/mol. The third-order valence-corrected chi connectivity index (χ3v) is 9.13. The van der Waals surface area contributed by atoms with Gasteiger partial charge in [-0.3, -0.25) is 9.69 Å². The minimum absolute atomic E-state index is 0.0580. The van der Waals surface area contributed by atoms with Crippen LogP contribution in [0.5, 0.6) is 5.75 Å². The molecule has 4 aromatic rings. The molecular formula is C33H35N3O4S. The number of carbonyl (C=O) groups excluding carboxylic acids is 1. The van der Waals surface area contributed by atoms with Crippen LogP contribution in [0.25, 0.3) is 0 Å². The second-order valence-corrected chi connectivity index (χ2v) is 11.9. The molecule has 8 heteroatoms. The zero-order valence-corrected chi connectivity index (χ0v) is 24.0. The van der Waals surface area contributed by atoms with Crippen molar-refractivity contribution in [2.24, 2.45) is 0 Å². The Bertz CT molecular complexity index is 1500. The van der Waals surface area contributed by atoms with E-state index in [-0.39, 0.29) is 16.8 Å². The summed E-state index contributed by atoms with van der Waals surface area (Å²) in [4.78, 5) is 15.4. The van der Waals surface area contributed by atoms with Gasteiger partial charge >= 0.3 is 0 Å². The first-order valence-electron chi connectivity index (χ1n) is 13.9. The van der Waals surface area contributed by atoms with Gasteiger partial charge in [-0.05, 0) is 53.9 Å². The van der Waals surface area contributed by atoms with E-state index in [9.17, 15) is 13.2 Å². The predicted octanol–water partition coefficient (Wildman–Crippen LogP) is 5.82. The molecule has 0 spiro atoms. The number of rotatable bonds is 10. The molecular weight excluding hydrogens is 534 g/mol. The maximum absolute atomic E-state index is 13.5. The molecule has 1 fully saturated rings. The largest absolute Gasteiger partial charge is 0.493 e. The van der Waals surface area contributed by atoms with Crippen molar-refractivity contribution in [2.75, 3.05) is 38.1 Å². The highest BCUT2D eigenvalue weighted by Gasteiger charge is 2.32. The molecule has 0 aliphatic carbocycles. The van der Waals surface area contributed by atoms with Gasteiger partial charge in [-0.2, -0.15) is 4.31 Å². The molecule has 1 heterocycles. The minimum Gasteiger partial charge on any atom is -0.493 e. The van der Waals surface area contributed by atoms with E-state index in [2.05, 4.69) is 34.5 Å². The molecule has 1 amide bonds. The quantitative estimate of drug-likeness (QED) is 0.260. The molecule has 41 heavy (non-hydrogen) atoms. The maximum atomic E-state index is 13.5. The van der Waals surface area contributed by atoms with Gasteiger partial charge in [-0.1, -0.05) is 79.7 Å². The number of amides is 1. The van der Waals surface area contributed by atoms with Gasteiger partial charge in [0.25, 0.3) is 5.91 Å². The van der Waals surface area contributed by atoms with Crippen molar-refractivity contribution in [2.45, 2.75) is 24.3 Å². The van der Waals surface area contributed by atoms with Crippen molar-refractivity contribution < 1.29 is 17.9 Å². The Morgan fingerprint density at radius 1 is 0.780 bits per heavy atom. The standard InChI is InChI=1S/C33H35N3O4S/c1-2-25-40-31-16-10-9-15-30(31)33(37)34-28-17-19-29(20-18-28)41(38,39)36-23-21-35(22-24-36)32(26-11-5-3-6-12-26)27-13-7-4-8-14-27/h3-20,32H,2,21-25H2,1H3,(H,34,37). The summed E-state index contributed by atoms with van der Waals surface area (Å²) in [6.45, 7) is 4.54. The fourth-order valence-corrected chi connectivity index (χ4v) is 6.56. The first-order chi connectivity index (χ1) is 20.0. The smallest absolute Gasteiger partial charge is 0.259 e. The number of anilines is 1. The van der Waals surface area contributed by atoms with Crippen LogP contribution in [0.3, 0.4) is 0 Å². The summed E-state index contributed by atoms with van der Waals surface area (Å²) >= 11 is 0. The summed E-state index contributed by atoms with van der Waals surface area (Å²) in [5, 5.41) is 2.85. The molecule has 0 unspecified atom stereocenters. The number of nitrogens with one attached hydrogen (secondary N) is 1. The van der Waals surface area contributed by atoms with Gasteiger partial charge < -0.3 is 10.1 Å². The number of benzene rings is 4. The lowest BCUT2D eigenvalue weighted by Gasteiger charge is -2.39. The highest BCUT2D eigenvalue weighted by molar-refractivity contribution is 7.89. The molecule has 212 valence electrons. The molecule has 5 rings (SSSR count). The molecule has 4 aromatic carbocycles. The normalized spacial score (nSPS) is 14.6. The number of nitrogens with zero attached hydrogens (tertiary/aromatic N) is 2. The van der Waals surface area contributed by atoms with Crippen LogP contribution in [-0.2, 0) is 10.0 Å². The van der Waals surface area contributed by atoms with Crippen LogP contribution < -0.4 is 10.1 Å². The van der Waals surface area contributed by atoms with Crippen molar-refractivity contribution in [1.82, 2.24) is 9.21 Å². The Kier molecular flexibility index (Phi) is 9.14. The van der Waals surface area contributed by atoms with E-state index in [4.69, 9.17) is 4.74 Å². The highest BCUT2D eigenvalue weighted by Crippen LogP contribution is 2.30. The van der Waals surface area contributed by atoms with Crippen molar-refractivity contribution in [3.05, 3.63) is 126 Å². The second-order valence-electron chi connectivity index (χ2n) is 9.99. The molecule has 1 aliphatic heterocycles. The van der Waals surface area contributed by atoms with Crippen molar-refractivity contribution >= 4 is 21.6 Å². The van der Waals surface area contributed by atoms with E-state index in [0.717, 1.165) is 6.42 Å². The number of sulfonamides is 1. The Morgan fingerprint density at radius 2 is 1.34 bits per heavy atom. The van der Waals surface area contributed by atoms with Crippen LogP contribution in [0.15, 0.2) is 114 Å². The molecule has 1 N–H and O–H groups in total. The van der Waals surface area contributed by atoms with Gasteiger partial charge in [0, 0.05) is 31.9 Å². The summed E-state index contributed by atoms with van der Waals surface area (Å²) in [6, 6.07) is 34.1. The van der Waals surface area contributed by atoms with E-state index in [1.54, 1.807) is 46.8 Å². The molecule has 0 bridgehead atoms. The number of para-hydroxylation sites is 1. The molecule has 7 nitrogen and oxygen atoms in total. The molecule has 0 aromatic heterocycles. The lowest BCUT2D eigenvalue weighted by molar-refractivity contribution is 0.102. The lowest BCUT2D eigenvalue weighted by Crippen LogP contribution is -2.49. The fourth-order valence-electron chi connectivity index (χ4n) is 5.14. The SMILES string of the molecule is CCCOc1ccccc1C(=O)Nc1ccc(S(=O)(=O)N2CCN(C(c3ccccc3)c3ccccc3)CC2)cc1. The van der Waals surface area contributed by atoms with Crippen LogP contribution >= 0.6 is 0 Å². The molecule has 0 radical (unpaired) electrons. The number of piperazine rings is 1. The Morgan fingerprint density at radius 3 is 1.93 bits per heavy atom. The van der Waals surface area contributed by atoms with Gasteiger partial charge in [0.15, 0.2) is 0 Å². The molecule has 1 saturated heterocycles. The zero-order valence-electron chi connectivity index (χ0n) is 23.1. The number of hydrogen-bond donors (Lipinski definition) is 1.